The molecule has 3 fully saturated rings. The predicted molar refractivity (Wildman–Crippen MR) is 83.5 cm³/mol. The molecule has 0 aliphatic heterocycles. The van der Waals surface area contributed by atoms with E-state index in [4.69, 9.17) is 5.73 Å². The minimum Gasteiger partial charge on any atom is -0.324 e. The molecule has 0 aromatic heterocycles. The second-order valence-corrected chi connectivity index (χ2v) is 7.53. The highest BCUT2D eigenvalue weighted by Gasteiger charge is 2.40. The summed E-state index contributed by atoms with van der Waals surface area (Å²) in [4.78, 5) is 0. The Hall–Kier alpha value is -0.820. The van der Waals surface area contributed by atoms with Crippen molar-refractivity contribution in [1.29, 1.82) is 0 Å². The van der Waals surface area contributed by atoms with E-state index < -0.39 is 0 Å². The zero-order valence-electron chi connectivity index (χ0n) is 12.4. The monoisotopic (exact) mass is 269 g/mol. The molecule has 0 heterocycles. The van der Waals surface area contributed by atoms with Crippen molar-refractivity contribution in [3.8, 4) is 0 Å². The molecule has 3 saturated carbocycles. The van der Waals surface area contributed by atoms with Crippen LogP contribution in [0.2, 0.25) is 0 Å². The van der Waals surface area contributed by atoms with E-state index in [9.17, 15) is 0 Å². The average Bonchev–Trinajstić information content (AvgIpc) is 2.99. The Labute approximate surface area is 122 Å². The van der Waals surface area contributed by atoms with E-state index in [-0.39, 0.29) is 6.04 Å². The van der Waals surface area contributed by atoms with Gasteiger partial charge in [-0.2, -0.15) is 0 Å². The number of rotatable bonds is 4. The van der Waals surface area contributed by atoms with Crippen molar-refractivity contribution < 1.29 is 0 Å². The molecule has 3 aliphatic carbocycles. The fraction of sp³-hybridized carbons (Fsp3) is 0.684. The van der Waals surface area contributed by atoms with E-state index in [1.807, 2.05) is 0 Å². The molecule has 1 aromatic carbocycles. The normalized spacial score (nSPS) is 34.1. The highest BCUT2D eigenvalue weighted by Crippen LogP contribution is 2.51. The number of hydrogen-bond donors (Lipinski definition) is 1. The number of nitrogens with two attached hydrogens (primary N) is 1. The fourth-order valence-corrected chi connectivity index (χ4v) is 5.06. The Bertz CT molecular complexity index is 476. The van der Waals surface area contributed by atoms with Crippen molar-refractivity contribution in [1.82, 2.24) is 0 Å². The number of benzene rings is 1. The molecule has 4 atom stereocenters. The summed E-state index contributed by atoms with van der Waals surface area (Å²) in [5.41, 5.74) is 9.65. The molecular formula is C19H27N. The molecule has 0 saturated heterocycles. The first-order valence-corrected chi connectivity index (χ1v) is 8.65. The van der Waals surface area contributed by atoms with Crippen molar-refractivity contribution in [2.24, 2.45) is 23.5 Å². The molecule has 20 heavy (non-hydrogen) atoms. The van der Waals surface area contributed by atoms with Crippen LogP contribution >= 0.6 is 0 Å². The van der Waals surface area contributed by atoms with E-state index in [0.717, 1.165) is 23.7 Å². The maximum atomic E-state index is 6.62. The van der Waals surface area contributed by atoms with Gasteiger partial charge in [0.2, 0.25) is 0 Å². The van der Waals surface area contributed by atoms with Crippen LogP contribution in [0.1, 0.15) is 74.5 Å². The lowest BCUT2D eigenvalue weighted by molar-refractivity contribution is 0.294. The molecule has 0 radical (unpaired) electrons. The second-order valence-electron chi connectivity index (χ2n) is 7.53. The third-order valence-corrected chi connectivity index (χ3v) is 6.38. The minimum atomic E-state index is 0.274. The topological polar surface area (TPSA) is 26.0 Å². The van der Waals surface area contributed by atoms with Crippen molar-refractivity contribution in [2.45, 2.75) is 63.3 Å². The summed E-state index contributed by atoms with van der Waals surface area (Å²) in [5.74, 6) is 3.76. The maximum absolute atomic E-state index is 6.62. The quantitative estimate of drug-likeness (QED) is 0.836. The predicted octanol–water partition coefficient (Wildman–Crippen LogP) is 4.78. The standard InChI is InChI=1S/C19H27N/c20-19(12-16-11-13-8-9-15(16)10-13)18-7-2-1-6-17(18)14-4-3-5-14/h1-2,6-7,13-16,19H,3-5,8-12,20H2. The van der Waals surface area contributed by atoms with Gasteiger partial charge < -0.3 is 5.73 Å². The Balaban J connectivity index is 1.49. The molecule has 1 aromatic rings. The van der Waals surface area contributed by atoms with Crippen molar-refractivity contribution in [3.63, 3.8) is 0 Å². The van der Waals surface area contributed by atoms with Crippen LogP contribution in [0.3, 0.4) is 0 Å². The number of fused-ring (bicyclic) bond motifs is 2. The Morgan fingerprint density at radius 1 is 1.05 bits per heavy atom. The smallest absolute Gasteiger partial charge is 0.0300 e. The lowest BCUT2D eigenvalue weighted by Gasteiger charge is -2.31. The van der Waals surface area contributed by atoms with Crippen LogP contribution in [0.5, 0.6) is 0 Å². The first-order valence-electron chi connectivity index (χ1n) is 8.65. The van der Waals surface area contributed by atoms with Crippen LogP contribution in [-0.4, -0.2) is 0 Å². The van der Waals surface area contributed by atoms with Crippen LogP contribution in [-0.2, 0) is 0 Å². The molecule has 1 heteroatoms. The highest BCUT2D eigenvalue weighted by atomic mass is 14.6. The molecule has 4 unspecified atom stereocenters. The summed E-state index contributed by atoms with van der Waals surface area (Å²) >= 11 is 0. The summed E-state index contributed by atoms with van der Waals surface area (Å²) in [6.07, 6.45) is 11.3. The summed E-state index contributed by atoms with van der Waals surface area (Å²) < 4.78 is 0. The van der Waals surface area contributed by atoms with Crippen LogP contribution < -0.4 is 5.73 Å². The van der Waals surface area contributed by atoms with Crippen molar-refractivity contribution >= 4 is 0 Å². The van der Waals surface area contributed by atoms with Gasteiger partial charge in [0.15, 0.2) is 0 Å². The molecule has 2 N–H and O–H groups in total. The summed E-state index contributed by atoms with van der Waals surface area (Å²) in [6, 6.07) is 9.28. The molecule has 1 nitrogen and oxygen atoms in total. The van der Waals surface area contributed by atoms with Gasteiger partial charge in [-0.25, -0.2) is 0 Å². The fourth-order valence-electron chi connectivity index (χ4n) is 5.06. The first-order chi connectivity index (χ1) is 9.81. The molecule has 0 spiro atoms. The molecule has 0 amide bonds. The molecule has 108 valence electrons. The van der Waals surface area contributed by atoms with Gasteiger partial charge in [-0.3, -0.25) is 0 Å². The van der Waals surface area contributed by atoms with E-state index in [1.165, 1.54) is 56.9 Å². The lowest BCUT2D eigenvalue weighted by Crippen LogP contribution is -2.22. The third kappa shape index (κ3) is 2.20. The maximum Gasteiger partial charge on any atom is 0.0300 e. The van der Waals surface area contributed by atoms with E-state index in [2.05, 4.69) is 24.3 Å². The van der Waals surface area contributed by atoms with Crippen LogP contribution in [0.25, 0.3) is 0 Å². The van der Waals surface area contributed by atoms with Gasteiger partial charge in [0.05, 0.1) is 0 Å². The van der Waals surface area contributed by atoms with Gasteiger partial charge in [-0.15, -0.1) is 0 Å². The van der Waals surface area contributed by atoms with Gasteiger partial charge in [0.1, 0.15) is 0 Å². The van der Waals surface area contributed by atoms with Gasteiger partial charge in [-0.05, 0) is 73.3 Å². The van der Waals surface area contributed by atoms with Crippen molar-refractivity contribution in [2.75, 3.05) is 0 Å². The van der Waals surface area contributed by atoms with Crippen LogP contribution in [0, 0.1) is 17.8 Å². The average molecular weight is 269 g/mol. The van der Waals surface area contributed by atoms with Crippen LogP contribution in [0.15, 0.2) is 24.3 Å². The molecular weight excluding hydrogens is 242 g/mol. The van der Waals surface area contributed by atoms with Crippen molar-refractivity contribution in [3.05, 3.63) is 35.4 Å². The SMILES string of the molecule is NC(CC1CC2CCC1C2)c1ccccc1C1CCC1. The Morgan fingerprint density at radius 2 is 1.90 bits per heavy atom. The van der Waals surface area contributed by atoms with Gasteiger partial charge in [-0.1, -0.05) is 37.1 Å². The van der Waals surface area contributed by atoms with Crippen LogP contribution in [0.4, 0.5) is 0 Å². The highest BCUT2D eigenvalue weighted by molar-refractivity contribution is 5.34. The summed E-state index contributed by atoms with van der Waals surface area (Å²) in [7, 11) is 0. The van der Waals surface area contributed by atoms with E-state index in [1.54, 1.807) is 5.56 Å². The first kappa shape index (κ1) is 12.9. The van der Waals surface area contributed by atoms with E-state index in [0.29, 0.717) is 0 Å². The molecule has 4 rings (SSSR count). The zero-order valence-corrected chi connectivity index (χ0v) is 12.4. The van der Waals surface area contributed by atoms with Gasteiger partial charge in [0, 0.05) is 6.04 Å². The van der Waals surface area contributed by atoms with Gasteiger partial charge in [0.25, 0.3) is 0 Å². The summed E-state index contributed by atoms with van der Waals surface area (Å²) in [6.45, 7) is 0. The van der Waals surface area contributed by atoms with E-state index >= 15 is 0 Å². The molecule has 3 aliphatic rings. The lowest BCUT2D eigenvalue weighted by atomic mass is 9.75. The number of hydrogen-bond acceptors (Lipinski definition) is 1. The largest absolute Gasteiger partial charge is 0.324 e. The van der Waals surface area contributed by atoms with Gasteiger partial charge >= 0.3 is 0 Å². The Morgan fingerprint density at radius 3 is 2.55 bits per heavy atom. The third-order valence-electron chi connectivity index (χ3n) is 6.38. The summed E-state index contributed by atoms with van der Waals surface area (Å²) in [5, 5.41) is 0. The molecule has 2 bridgehead atoms. The second kappa shape index (κ2) is 5.18. The minimum absolute atomic E-state index is 0.274. The zero-order chi connectivity index (χ0) is 13.5. The Kier molecular flexibility index (Phi) is 3.34.